The molecule has 1 aliphatic rings. The van der Waals surface area contributed by atoms with Gasteiger partial charge < -0.3 is 10.6 Å². The summed E-state index contributed by atoms with van der Waals surface area (Å²) in [4.78, 5) is 5.81. The van der Waals surface area contributed by atoms with Crippen molar-refractivity contribution in [1.29, 1.82) is 0 Å². The van der Waals surface area contributed by atoms with Crippen LogP contribution in [0.2, 0.25) is 0 Å². The first-order valence-electron chi connectivity index (χ1n) is 7.08. The van der Waals surface area contributed by atoms with E-state index in [2.05, 4.69) is 20.9 Å². The van der Waals surface area contributed by atoms with E-state index >= 15 is 0 Å². The molecular formula is C14H19BrF3N3. The van der Waals surface area contributed by atoms with Gasteiger partial charge in [-0.1, -0.05) is 6.42 Å². The molecule has 1 aliphatic carbocycles. The summed E-state index contributed by atoms with van der Waals surface area (Å²) in [5.74, 6) is 0.245. The zero-order chi connectivity index (χ0) is 15.6. The fourth-order valence-corrected chi connectivity index (χ4v) is 3.44. The lowest BCUT2D eigenvalue weighted by Gasteiger charge is -2.34. The topological polar surface area (TPSA) is 42.2 Å². The maximum atomic E-state index is 13.3. The molecule has 1 aromatic rings. The molecule has 0 aromatic carbocycles. The summed E-state index contributed by atoms with van der Waals surface area (Å²) in [5.41, 5.74) is 5.07. The molecule has 1 heterocycles. The number of hydrogen-bond donors (Lipinski definition) is 1. The van der Waals surface area contributed by atoms with Gasteiger partial charge >= 0.3 is 6.18 Å². The Morgan fingerprint density at radius 3 is 2.71 bits per heavy atom. The van der Waals surface area contributed by atoms with Crippen molar-refractivity contribution in [3.63, 3.8) is 0 Å². The van der Waals surface area contributed by atoms with Gasteiger partial charge in [0, 0.05) is 23.3 Å². The number of alkyl halides is 3. The third-order valence-electron chi connectivity index (χ3n) is 4.07. The van der Waals surface area contributed by atoms with Gasteiger partial charge in [0.1, 0.15) is 5.82 Å². The van der Waals surface area contributed by atoms with Crippen LogP contribution in [0.4, 0.5) is 19.0 Å². The molecule has 2 N–H and O–H groups in total. The summed E-state index contributed by atoms with van der Waals surface area (Å²) in [5, 5.41) is 0. The molecule has 1 saturated carbocycles. The molecule has 2 unspecified atom stereocenters. The van der Waals surface area contributed by atoms with E-state index < -0.39 is 11.7 Å². The van der Waals surface area contributed by atoms with Gasteiger partial charge in [-0.15, -0.1) is 0 Å². The second-order valence-corrected chi connectivity index (χ2v) is 6.22. The van der Waals surface area contributed by atoms with Crippen molar-refractivity contribution < 1.29 is 13.2 Å². The van der Waals surface area contributed by atoms with Gasteiger partial charge in [-0.3, -0.25) is 0 Å². The first kappa shape index (κ1) is 16.5. The van der Waals surface area contributed by atoms with Crippen LogP contribution in [0.25, 0.3) is 0 Å². The molecule has 2 atom stereocenters. The second kappa shape index (κ2) is 6.52. The molecule has 0 amide bonds. The quantitative estimate of drug-likeness (QED) is 0.881. The minimum Gasteiger partial charge on any atom is -0.353 e. The molecule has 21 heavy (non-hydrogen) atoms. The van der Waals surface area contributed by atoms with Crippen LogP contribution in [0, 0.1) is 5.92 Å². The summed E-state index contributed by atoms with van der Waals surface area (Å²) in [7, 11) is 0. The lowest BCUT2D eigenvalue weighted by atomic mass is 10.0. The highest BCUT2D eigenvalue weighted by molar-refractivity contribution is 9.10. The molecule has 118 valence electrons. The summed E-state index contributed by atoms with van der Waals surface area (Å²) in [6.07, 6.45) is -0.169. The fourth-order valence-electron chi connectivity index (χ4n) is 3.11. The van der Waals surface area contributed by atoms with Gasteiger partial charge in [-0.2, -0.15) is 13.2 Å². The van der Waals surface area contributed by atoms with Crippen LogP contribution in [0.5, 0.6) is 0 Å². The molecule has 0 spiro atoms. The van der Waals surface area contributed by atoms with Crippen LogP contribution in [0.15, 0.2) is 16.7 Å². The number of hydrogen-bond acceptors (Lipinski definition) is 3. The van der Waals surface area contributed by atoms with Crippen molar-refractivity contribution in [1.82, 2.24) is 4.98 Å². The van der Waals surface area contributed by atoms with Crippen molar-refractivity contribution in [2.75, 3.05) is 18.0 Å². The van der Waals surface area contributed by atoms with E-state index in [0.717, 1.165) is 25.3 Å². The molecule has 1 aromatic heterocycles. The molecule has 7 heteroatoms. The molecule has 0 aliphatic heterocycles. The fraction of sp³-hybridized carbons (Fsp3) is 0.643. The van der Waals surface area contributed by atoms with E-state index in [0.29, 0.717) is 17.6 Å². The highest BCUT2D eigenvalue weighted by atomic mass is 79.9. The van der Waals surface area contributed by atoms with Crippen LogP contribution in [0.3, 0.4) is 0 Å². The number of nitrogens with two attached hydrogens (primary N) is 1. The lowest BCUT2D eigenvalue weighted by molar-refractivity contribution is -0.137. The minimum absolute atomic E-state index is 0.0125. The van der Waals surface area contributed by atoms with Crippen molar-refractivity contribution in [2.45, 2.75) is 38.4 Å². The Morgan fingerprint density at radius 1 is 1.43 bits per heavy atom. The Kier molecular flexibility index (Phi) is 5.14. The van der Waals surface area contributed by atoms with E-state index in [1.807, 2.05) is 6.92 Å². The third-order valence-corrected chi connectivity index (χ3v) is 4.51. The van der Waals surface area contributed by atoms with Crippen molar-refractivity contribution >= 4 is 21.7 Å². The molecule has 0 bridgehead atoms. The zero-order valence-corrected chi connectivity index (χ0v) is 13.4. The number of anilines is 1. The highest BCUT2D eigenvalue weighted by Crippen LogP contribution is 2.40. The van der Waals surface area contributed by atoms with Crippen LogP contribution in [-0.4, -0.2) is 24.1 Å². The Morgan fingerprint density at radius 2 is 2.14 bits per heavy atom. The standard InChI is InChI=1S/C14H19BrF3N3/c1-2-21(12-5-3-4-9(12)7-19)13-11(14(16,17)18)6-10(15)8-20-13/h6,8-9,12H,2-5,7,19H2,1H3. The van der Waals surface area contributed by atoms with Gasteiger partial charge in [-0.25, -0.2) is 4.98 Å². The van der Waals surface area contributed by atoms with E-state index in [1.54, 1.807) is 4.90 Å². The summed E-state index contributed by atoms with van der Waals surface area (Å²) in [6.45, 7) is 2.84. The first-order valence-corrected chi connectivity index (χ1v) is 7.87. The Hall–Kier alpha value is -0.820. The van der Waals surface area contributed by atoms with E-state index in [4.69, 9.17) is 5.73 Å². The molecule has 0 radical (unpaired) electrons. The predicted octanol–water partition coefficient (Wildman–Crippen LogP) is 3.82. The average molecular weight is 366 g/mol. The molecule has 3 nitrogen and oxygen atoms in total. The van der Waals surface area contributed by atoms with E-state index in [1.165, 1.54) is 6.20 Å². The van der Waals surface area contributed by atoms with Crippen molar-refractivity contribution in [3.8, 4) is 0 Å². The Balaban J connectivity index is 2.43. The Labute approximate surface area is 130 Å². The summed E-state index contributed by atoms with van der Waals surface area (Å²) in [6, 6.07) is 1.13. The zero-order valence-electron chi connectivity index (χ0n) is 11.8. The SMILES string of the molecule is CCN(c1ncc(Br)cc1C(F)(F)F)C1CCCC1CN. The van der Waals surface area contributed by atoms with Gasteiger partial charge in [0.15, 0.2) is 0 Å². The first-order chi connectivity index (χ1) is 9.88. The van der Waals surface area contributed by atoms with Crippen molar-refractivity contribution in [2.24, 2.45) is 11.7 Å². The number of rotatable bonds is 4. The van der Waals surface area contributed by atoms with Crippen LogP contribution in [-0.2, 0) is 6.18 Å². The van der Waals surface area contributed by atoms with Crippen LogP contribution in [0.1, 0.15) is 31.7 Å². The second-order valence-electron chi connectivity index (χ2n) is 5.30. The normalized spacial score (nSPS) is 22.6. The van der Waals surface area contributed by atoms with Crippen LogP contribution < -0.4 is 10.6 Å². The van der Waals surface area contributed by atoms with Gasteiger partial charge in [0.25, 0.3) is 0 Å². The summed E-state index contributed by atoms with van der Waals surface area (Å²) >= 11 is 3.07. The third kappa shape index (κ3) is 3.51. The molecule has 1 fully saturated rings. The van der Waals surface area contributed by atoms with E-state index in [-0.39, 0.29) is 17.8 Å². The minimum atomic E-state index is -4.42. The number of nitrogens with zero attached hydrogens (tertiary/aromatic N) is 2. The largest absolute Gasteiger partial charge is 0.419 e. The molecule has 0 saturated heterocycles. The smallest absolute Gasteiger partial charge is 0.353 e. The van der Waals surface area contributed by atoms with E-state index in [9.17, 15) is 13.2 Å². The highest BCUT2D eigenvalue weighted by Gasteiger charge is 2.39. The maximum Gasteiger partial charge on any atom is 0.419 e. The number of pyridine rings is 1. The molecular weight excluding hydrogens is 347 g/mol. The Bertz CT molecular complexity index is 493. The van der Waals surface area contributed by atoms with Gasteiger partial charge in [-0.05, 0) is 54.2 Å². The average Bonchev–Trinajstić information content (AvgIpc) is 2.88. The van der Waals surface area contributed by atoms with Crippen molar-refractivity contribution in [3.05, 3.63) is 22.3 Å². The van der Waals surface area contributed by atoms with Gasteiger partial charge in [0.2, 0.25) is 0 Å². The maximum absolute atomic E-state index is 13.3. The number of aromatic nitrogens is 1. The van der Waals surface area contributed by atoms with Gasteiger partial charge in [0.05, 0.1) is 5.56 Å². The summed E-state index contributed by atoms with van der Waals surface area (Å²) < 4.78 is 40.2. The molecule has 2 rings (SSSR count). The van der Waals surface area contributed by atoms with Crippen LogP contribution >= 0.6 is 15.9 Å². The predicted molar refractivity (Wildman–Crippen MR) is 80.1 cm³/mol. The monoisotopic (exact) mass is 365 g/mol. The number of halogens is 4. The lowest BCUT2D eigenvalue weighted by Crippen LogP contribution is -2.41.